The number of hydrogen-bond donors (Lipinski definition) is 4. The highest BCUT2D eigenvalue weighted by molar-refractivity contribution is 6.39. The molecule has 0 aromatic heterocycles. The monoisotopic (exact) mass is 1250 g/mol. The summed E-state index contributed by atoms with van der Waals surface area (Å²) in [5, 5.41) is 45.5. The molecule has 4 N–H and O–H groups in total. The van der Waals surface area contributed by atoms with Crippen molar-refractivity contribution in [1.82, 2.24) is 9.80 Å². The van der Waals surface area contributed by atoms with E-state index in [-0.39, 0.29) is 36.5 Å². The van der Waals surface area contributed by atoms with Crippen molar-refractivity contribution in [2.75, 3.05) is 13.1 Å². The van der Waals surface area contributed by atoms with Crippen molar-refractivity contribution >= 4 is 46.9 Å². The molecule has 6 aliphatic heterocycles. The second kappa shape index (κ2) is 33.2. The molecule has 0 radical (unpaired) electrons. The normalized spacial score (nSPS) is 35.8. The topological polar surface area (TPSA) is 261 Å². The fourth-order valence-electron chi connectivity index (χ4n) is 14.1. The van der Waals surface area contributed by atoms with Gasteiger partial charge in [0.25, 0.3) is 23.4 Å². The summed E-state index contributed by atoms with van der Waals surface area (Å²) in [6.07, 6.45) is 13.7. The molecule has 0 spiro atoms. The summed E-state index contributed by atoms with van der Waals surface area (Å²) >= 11 is 0. The number of carbonyl (C=O) groups is 8. The molecule has 5 fully saturated rings. The van der Waals surface area contributed by atoms with E-state index in [1.54, 1.807) is 47.6 Å². The first kappa shape index (κ1) is 71.7. The van der Waals surface area contributed by atoms with Gasteiger partial charge in [-0.3, -0.25) is 28.8 Å². The van der Waals surface area contributed by atoms with E-state index in [0.717, 1.165) is 36.8 Å². The van der Waals surface area contributed by atoms with Crippen LogP contribution in [-0.2, 0) is 70.1 Å². The van der Waals surface area contributed by atoms with Crippen molar-refractivity contribution < 1.29 is 77.7 Å². The zero-order chi connectivity index (χ0) is 65.5. The van der Waals surface area contributed by atoms with Crippen molar-refractivity contribution in [1.29, 1.82) is 0 Å². The Hall–Kier alpha value is -5.76. The smallest absolute Gasteiger partial charge is 0.329 e. The molecule has 6 heterocycles. The van der Waals surface area contributed by atoms with Gasteiger partial charge in [0.1, 0.15) is 30.1 Å². The number of allylic oxidation sites excluding steroid dienone is 3. The zero-order valence-electron chi connectivity index (χ0n) is 54.5. The molecule has 5 saturated heterocycles. The third-order valence-corrected chi connectivity index (χ3v) is 20.6. The number of rotatable bonds is 8. The van der Waals surface area contributed by atoms with E-state index in [9.17, 15) is 58.8 Å². The minimum absolute atomic E-state index is 0.0478. The molecule has 18 nitrogen and oxygen atoms in total. The van der Waals surface area contributed by atoms with Crippen LogP contribution in [0.5, 0.6) is 0 Å². The molecule has 0 saturated carbocycles. The van der Waals surface area contributed by atoms with Crippen LogP contribution in [0.2, 0.25) is 0 Å². The van der Waals surface area contributed by atoms with E-state index in [1.807, 2.05) is 67.6 Å². The minimum Gasteiger partial charge on any atom is -0.461 e. The lowest BCUT2D eigenvalue weighted by Gasteiger charge is -2.44. The lowest BCUT2D eigenvalue weighted by Crippen LogP contribution is -2.61. The maximum atomic E-state index is 13.8. The standard InChI is InChI=1S/C36H53NO8.C36H49NO8/c2*1-5-27(22-26-14-8-6-9-15-26)31-18-11-7-10-17-29(38)24(3)32(39)25(4)30-20-19-23(2)36(43,45-30)33(40)34(41)37-21-13-12-16-28(37)35(42)44-31/h6,8-9,14-15,23-25,27-28,30-32,39,43H,5,7,10-13,16-22H2,1-4H3;6,8-11,14-15,17-18,23-25,27-28,30-32,39,43H,5,7,12-13,16,19-22H2,1-4H3/b;17-10+,18-11+/t2*23-,24-,25+,27-,28?,30+,31+,32+,36-/m11/s1. The average Bonchev–Trinajstić information content (AvgIpc) is 1.12. The number of hydrogen-bond acceptors (Lipinski definition) is 16. The fraction of sp³-hybridized carbons (Fsp3) is 0.667. The van der Waals surface area contributed by atoms with E-state index < -0.39 is 131 Å². The molecule has 2 amide bonds. The van der Waals surface area contributed by atoms with Gasteiger partial charge in [-0.25, -0.2) is 9.59 Å². The van der Waals surface area contributed by atoms with Gasteiger partial charge in [0.15, 0.2) is 5.78 Å². The van der Waals surface area contributed by atoms with Crippen LogP contribution in [-0.4, -0.2) is 150 Å². The number of aliphatic hydroxyl groups is 4. The van der Waals surface area contributed by atoms with Gasteiger partial charge in [0.2, 0.25) is 11.6 Å². The number of amides is 2. The lowest BCUT2D eigenvalue weighted by molar-refractivity contribution is -0.274. The van der Waals surface area contributed by atoms with E-state index >= 15 is 0 Å². The summed E-state index contributed by atoms with van der Waals surface area (Å²) in [5.74, 6) is -14.3. The van der Waals surface area contributed by atoms with Crippen molar-refractivity contribution in [2.24, 2.45) is 47.3 Å². The highest BCUT2D eigenvalue weighted by Crippen LogP contribution is 2.41. The van der Waals surface area contributed by atoms with Gasteiger partial charge in [-0.2, -0.15) is 0 Å². The number of Topliss-reactive ketones (excluding diaryl/α,β-unsaturated/α-hetero) is 3. The van der Waals surface area contributed by atoms with E-state index in [0.29, 0.717) is 103 Å². The van der Waals surface area contributed by atoms with Crippen LogP contribution in [0.3, 0.4) is 0 Å². The first-order valence-electron chi connectivity index (χ1n) is 33.7. The molecule has 18 heteroatoms. The molecule has 6 aliphatic rings. The summed E-state index contributed by atoms with van der Waals surface area (Å²) in [7, 11) is 0. The maximum absolute atomic E-state index is 13.8. The maximum Gasteiger partial charge on any atom is 0.329 e. The Morgan fingerprint density at radius 3 is 1.50 bits per heavy atom. The molecule has 8 rings (SSSR count). The van der Waals surface area contributed by atoms with Crippen molar-refractivity contribution in [3.05, 3.63) is 96.1 Å². The number of piperidine rings is 2. The predicted molar refractivity (Wildman–Crippen MR) is 337 cm³/mol. The Labute approximate surface area is 532 Å². The Bertz CT molecular complexity index is 2810. The van der Waals surface area contributed by atoms with Crippen molar-refractivity contribution in [2.45, 2.75) is 244 Å². The highest BCUT2D eigenvalue weighted by Gasteiger charge is 2.56. The Kier molecular flexibility index (Phi) is 26.4. The molecule has 4 bridgehead atoms. The average molecular weight is 1250 g/mol. The molecule has 2 unspecified atom stereocenters. The second-order valence-corrected chi connectivity index (χ2v) is 26.7. The number of aliphatic hydroxyl groups excluding tert-OH is 2. The Balaban J connectivity index is 0.000000256. The van der Waals surface area contributed by atoms with Crippen LogP contribution >= 0.6 is 0 Å². The predicted octanol–water partition coefficient (Wildman–Crippen LogP) is 9.13. The molecular formula is C72H102N2O16. The van der Waals surface area contributed by atoms with Gasteiger partial charge in [-0.05, 0) is 145 Å². The largest absolute Gasteiger partial charge is 0.461 e. The third kappa shape index (κ3) is 17.5. The number of cyclic esters (lactones) is 2. The van der Waals surface area contributed by atoms with E-state index in [1.165, 1.54) is 15.9 Å². The van der Waals surface area contributed by atoms with E-state index in [4.69, 9.17) is 18.9 Å². The first-order chi connectivity index (χ1) is 42.9. The molecule has 0 aliphatic carbocycles. The number of carbonyl (C=O) groups excluding carboxylic acids is 8. The summed E-state index contributed by atoms with van der Waals surface area (Å²) < 4.78 is 24.4. The first-order valence-corrected chi connectivity index (χ1v) is 33.7. The van der Waals surface area contributed by atoms with Gasteiger partial charge >= 0.3 is 11.9 Å². The summed E-state index contributed by atoms with van der Waals surface area (Å²) in [5.41, 5.74) is 2.25. The zero-order valence-corrected chi connectivity index (χ0v) is 54.5. The van der Waals surface area contributed by atoms with Crippen molar-refractivity contribution in [3.8, 4) is 0 Å². The number of benzene rings is 2. The Morgan fingerprint density at radius 1 is 0.533 bits per heavy atom. The number of nitrogens with zero attached hydrogens (tertiary/aromatic N) is 2. The van der Waals surface area contributed by atoms with Crippen LogP contribution in [0, 0.1) is 47.3 Å². The van der Waals surface area contributed by atoms with Gasteiger partial charge in [0, 0.05) is 60.9 Å². The van der Waals surface area contributed by atoms with Crippen LogP contribution in [0.4, 0.5) is 0 Å². The second-order valence-electron chi connectivity index (χ2n) is 26.7. The Morgan fingerprint density at radius 2 is 1.00 bits per heavy atom. The van der Waals surface area contributed by atoms with Gasteiger partial charge in [0.05, 0.1) is 24.4 Å². The third-order valence-electron chi connectivity index (χ3n) is 20.6. The number of ketones is 4. The quantitative estimate of drug-likeness (QED) is 0.109. The van der Waals surface area contributed by atoms with Crippen LogP contribution < -0.4 is 0 Å². The van der Waals surface area contributed by atoms with Crippen LogP contribution in [0.1, 0.15) is 182 Å². The molecule has 90 heavy (non-hydrogen) atoms. The van der Waals surface area contributed by atoms with Crippen molar-refractivity contribution in [3.63, 3.8) is 0 Å². The van der Waals surface area contributed by atoms with Crippen LogP contribution in [0.25, 0.3) is 0 Å². The lowest BCUT2D eigenvalue weighted by atomic mass is 9.79. The molecule has 496 valence electrons. The highest BCUT2D eigenvalue weighted by atomic mass is 16.6. The molecule has 2 aromatic carbocycles. The molecule has 2 aromatic rings. The number of esters is 2. The van der Waals surface area contributed by atoms with Gasteiger partial charge in [-0.15, -0.1) is 0 Å². The van der Waals surface area contributed by atoms with Gasteiger partial charge in [-0.1, -0.05) is 135 Å². The van der Waals surface area contributed by atoms with Gasteiger partial charge < -0.3 is 49.2 Å². The summed E-state index contributed by atoms with van der Waals surface area (Å²) in [4.78, 5) is 111. The van der Waals surface area contributed by atoms with Crippen LogP contribution in [0.15, 0.2) is 85.0 Å². The fourth-order valence-corrected chi connectivity index (χ4v) is 14.1. The molecular weight excluding hydrogens is 1150 g/mol. The van der Waals surface area contributed by atoms with E-state index in [2.05, 4.69) is 19.1 Å². The summed E-state index contributed by atoms with van der Waals surface area (Å²) in [6, 6.07) is 18.1. The number of fused-ring (bicyclic) bond motifs is 6. The minimum atomic E-state index is -2.43. The molecule has 18 atom stereocenters. The number of ether oxygens (including phenoxy) is 4. The SMILES string of the molecule is CC[C@H](Cc1ccccc1)[C@@H]1/C=C/C/C=C/C(=O)[C@@H](C)[C@H](O)[C@@H](C)[C@@H]2CC[C@@H](C)[C@@](O)(O2)C(=O)C(=O)N2CCCCC2C(=O)O1.CC[C@H](Cc1ccccc1)[C@@H]1CCCCCC(=O)[C@@H](C)[C@H](O)[C@@H](C)[C@@H]2CC[C@@H](C)[C@@](O)(O2)C(=O)C(=O)N2CCCCC2C(=O)O1. The summed E-state index contributed by atoms with van der Waals surface area (Å²) in [6.45, 7) is 14.6.